The van der Waals surface area contributed by atoms with Crippen LogP contribution in [0, 0.1) is 11.3 Å². The average Bonchev–Trinajstić information content (AvgIpc) is 2.90. The summed E-state index contributed by atoms with van der Waals surface area (Å²) in [5, 5.41) is 3.65. The van der Waals surface area contributed by atoms with Gasteiger partial charge in [0.05, 0.1) is 6.61 Å². The summed E-state index contributed by atoms with van der Waals surface area (Å²) in [5.74, 6) is 1.01. The molecule has 2 fully saturated rings. The minimum absolute atomic E-state index is 0.641. The predicted octanol–water partition coefficient (Wildman–Crippen LogP) is 3.36. The van der Waals surface area contributed by atoms with E-state index in [-0.39, 0.29) is 0 Å². The zero-order valence-corrected chi connectivity index (χ0v) is 11.5. The SMILES string of the molecule is COCCNCC1(C2CCCC2)CCCCC1. The van der Waals surface area contributed by atoms with Crippen LogP contribution in [-0.4, -0.2) is 26.8 Å². The topological polar surface area (TPSA) is 21.3 Å². The lowest BCUT2D eigenvalue weighted by atomic mass is 9.65. The number of rotatable bonds is 6. The Labute approximate surface area is 107 Å². The Morgan fingerprint density at radius 3 is 2.41 bits per heavy atom. The Morgan fingerprint density at radius 2 is 1.76 bits per heavy atom. The van der Waals surface area contributed by atoms with E-state index in [1.807, 2.05) is 0 Å². The van der Waals surface area contributed by atoms with Crippen LogP contribution >= 0.6 is 0 Å². The van der Waals surface area contributed by atoms with Crippen molar-refractivity contribution in [2.45, 2.75) is 57.8 Å². The maximum Gasteiger partial charge on any atom is 0.0587 e. The second kappa shape index (κ2) is 6.75. The van der Waals surface area contributed by atoms with E-state index in [1.54, 1.807) is 7.11 Å². The van der Waals surface area contributed by atoms with Gasteiger partial charge in [0.2, 0.25) is 0 Å². The lowest BCUT2D eigenvalue weighted by molar-refractivity contribution is 0.0929. The van der Waals surface area contributed by atoms with Gasteiger partial charge in [0, 0.05) is 20.2 Å². The Hall–Kier alpha value is -0.0800. The van der Waals surface area contributed by atoms with Crippen LogP contribution in [0.25, 0.3) is 0 Å². The first-order chi connectivity index (χ1) is 8.37. The first-order valence-electron chi connectivity index (χ1n) is 7.57. The molecule has 2 heteroatoms. The minimum Gasteiger partial charge on any atom is -0.383 e. The summed E-state index contributed by atoms with van der Waals surface area (Å²) in [6.45, 7) is 3.10. The van der Waals surface area contributed by atoms with Crippen molar-refractivity contribution in [2.75, 3.05) is 26.8 Å². The van der Waals surface area contributed by atoms with E-state index in [1.165, 1.54) is 64.3 Å². The largest absolute Gasteiger partial charge is 0.383 e. The Bertz CT molecular complexity index is 205. The van der Waals surface area contributed by atoms with Gasteiger partial charge in [0.15, 0.2) is 0 Å². The predicted molar refractivity (Wildman–Crippen MR) is 72.2 cm³/mol. The number of hydrogen-bond acceptors (Lipinski definition) is 2. The van der Waals surface area contributed by atoms with Crippen LogP contribution < -0.4 is 5.32 Å². The average molecular weight is 239 g/mol. The molecule has 0 radical (unpaired) electrons. The molecule has 0 aromatic rings. The van der Waals surface area contributed by atoms with Gasteiger partial charge >= 0.3 is 0 Å². The molecule has 0 aliphatic heterocycles. The van der Waals surface area contributed by atoms with Crippen LogP contribution in [0.1, 0.15) is 57.8 Å². The van der Waals surface area contributed by atoms with Gasteiger partial charge in [-0.1, -0.05) is 32.1 Å². The molecule has 17 heavy (non-hydrogen) atoms. The molecule has 0 aromatic carbocycles. The molecule has 0 heterocycles. The molecule has 100 valence electrons. The fourth-order valence-corrected chi connectivity index (χ4v) is 4.04. The molecular formula is C15H29NO. The van der Waals surface area contributed by atoms with Gasteiger partial charge in [-0.3, -0.25) is 0 Å². The van der Waals surface area contributed by atoms with Crippen molar-refractivity contribution in [1.29, 1.82) is 0 Å². The smallest absolute Gasteiger partial charge is 0.0587 e. The van der Waals surface area contributed by atoms with Crippen LogP contribution in [0.15, 0.2) is 0 Å². The third kappa shape index (κ3) is 3.45. The van der Waals surface area contributed by atoms with E-state index in [4.69, 9.17) is 4.74 Å². The van der Waals surface area contributed by atoms with Gasteiger partial charge in [-0.05, 0) is 37.0 Å². The van der Waals surface area contributed by atoms with Crippen molar-refractivity contribution < 1.29 is 4.74 Å². The van der Waals surface area contributed by atoms with Crippen LogP contribution in [0.4, 0.5) is 0 Å². The first kappa shape index (κ1) is 13.4. The zero-order valence-electron chi connectivity index (χ0n) is 11.5. The molecule has 0 aromatic heterocycles. The van der Waals surface area contributed by atoms with Crippen LogP contribution in [-0.2, 0) is 4.74 Å². The minimum atomic E-state index is 0.641. The molecule has 0 atom stereocenters. The molecule has 0 spiro atoms. The zero-order chi connectivity index (χ0) is 12.0. The lowest BCUT2D eigenvalue weighted by Crippen LogP contribution is -2.42. The monoisotopic (exact) mass is 239 g/mol. The van der Waals surface area contributed by atoms with E-state index in [9.17, 15) is 0 Å². The maximum atomic E-state index is 5.13. The molecule has 2 aliphatic carbocycles. The van der Waals surface area contributed by atoms with Gasteiger partial charge in [0.1, 0.15) is 0 Å². The van der Waals surface area contributed by atoms with Gasteiger partial charge in [-0.2, -0.15) is 0 Å². The van der Waals surface area contributed by atoms with Crippen LogP contribution in [0.2, 0.25) is 0 Å². The lowest BCUT2D eigenvalue weighted by Gasteiger charge is -2.43. The summed E-state index contributed by atoms with van der Waals surface area (Å²) in [6.07, 6.45) is 13.3. The fraction of sp³-hybridized carbons (Fsp3) is 1.00. The molecule has 0 unspecified atom stereocenters. The van der Waals surface area contributed by atoms with Gasteiger partial charge in [0.25, 0.3) is 0 Å². The standard InChI is InChI=1S/C15H29NO/c1-17-12-11-16-13-15(9-5-2-6-10-15)14-7-3-4-8-14/h14,16H,2-13H2,1H3. The molecule has 0 amide bonds. The highest BCUT2D eigenvalue weighted by atomic mass is 16.5. The molecule has 2 nitrogen and oxygen atoms in total. The highest BCUT2D eigenvalue weighted by Gasteiger charge is 2.40. The Kier molecular flexibility index (Phi) is 5.30. The fourth-order valence-electron chi connectivity index (χ4n) is 4.04. The molecule has 1 N–H and O–H groups in total. The number of methoxy groups -OCH3 is 1. The normalized spacial score (nSPS) is 25.2. The molecule has 2 aliphatic rings. The molecular weight excluding hydrogens is 210 g/mol. The van der Waals surface area contributed by atoms with Gasteiger partial charge in [-0.25, -0.2) is 0 Å². The third-order valence-electron chi connectivity index (χ3n) is 5.03. The summed E-state index contributed by atoms with van der Waals surface area (Å²) in [5.41, 5.74) is 0.641. The quantitative estimate of drug-likeness (QED) is 0.718. The van der Waals surface area contributed by atoms with Gasteiger partial charge in [-0.15, -0.1) is 0 Å². The summed E-state index contributed by atoms with van der Waals surface area (Å²) in [6, 6.07) is 0. The second-order valence-corrected chi connectivity index (χ2v) is 6.07. The first-order valence-corrected chi connectivity index (χ1v) is 7.57. The van der Waals surface area contributed by atoms with Crippen LogP contribution in [0.5, 0.6) is 0 Å². The van der Waals surface area contributed by atoms with E-state index in [0.717, 1.165) is 19.1 Å². The Morgan fingerprint density at radius 1 is 1.06 bits per heavy atom. The highest BCUT2D eigenvalue weighted by Crippen LogP contribution is 2.48. The Balaban J connectivity index is 1.86. The highest BCUT2D eigenvalue weighted by molar-refractivity contribution is 4.92. The maximum absolute atomic E-state index is 5.13. The molecule has 2 rings (SSSR count). The third-order valence-corrected chi connectivity index (χ3v) is 5.03. The number of ether oxygens (including phenoxy) is 1. The summed E-state index contributed by atoms with van der Waals surface area (Å²) in [4.78, 5) is 0. The van der Waals surface area contributed by atoms with E-state index in [0.29, 0.717) is 5.41 Å². The number of nitrogens with one attached hydrogen (secondary N) is 1. The molecule has 0 saturated heterocycles. The molecule has 0 bridgehead atoms. The van der Waals surface area contributed by atoms with Crippen molar-refractivity contribution >= 4 is 0 Å². The van der Waals surface area contributed by atoms with Crippen LogP contribution in [0.3, 0.4) is 0 Å². The van der Waals surface area contributed by atoms with E-state index >= 15 is 0 Å². The van der Waals surface area contributed by atoms with Crippen molar-refractivity contribution in [1.82, 2.24) is 5.32 Å². The van der Waals surface area contributed by atoms with Crippen molar-refractivity contribution in [2.24, 2.45) is 11.3 Å². The summed E-state index contributed by atoms with van der Waals surface area (Å²) < 4.78 is 5.13. The summed E-state index contributed by atoms with van der Waals surface area (Å²) >= 11 is 0. The van der Waals surface area contributed by atoms with E-state index in [2.05, 4.69) is 5.32 Å². The van der Waals surface area contributed by atoms with Crippen molar-refractivity contribution in [3.05, 3.63) is 0 Å². The molecule has 2 saturated carbocycles. The van der Waals surface area contributed by atoms with E-state index < -0.39 is 0 Å². The second-order valence-electron chi connectivity index (χ2n) is 6.07. The number of hydrogen-bond donors (Lipinski definition) is 1. The van der Waals surface area contributed by atoms with Crippen molar-refractivity contribution in [3.63, 3.8) is 0 Å². The van der Waals surface area contributed by atoms with Gasteiger partial charge < -0.3 is 10.1 Å². The van der Waals surface area contributed by atoms with Crippen molar-refractivity contribution in [3.8, 4) is 0 Å². The summed E-state index contributed by atoms with van der Waals surface area (Å²) in [7, 11) is 1.79.